The largest absolute Gasteiger partial charge is 0.466 e. The zero-order chi connectivity index (χ0) is 54.3. The number of aliphatic hydroxyl groups is 2. The summed E-state index contributed by atoms with van der Waals surface area (Å²) in [5, 5.41) is 23.2. The number of amides is 1. The highest BCUT2D eigenvalue weighted by Crippen LogP contribution is 2.18. The van der Waals surface area contributed by atoms with Crippen molar-refractivity contribution in [2.24, 2.45) is 0 Å². The normalized spacial score (nSPS) is 12.6. The van der Waals surface area contributed by atoms with Crippen molar-refractivity contribution in [1.29, 1.82) is 0 Å². The number of unbranched alkanes of at least 4 members (excludes halogenated alkanes) is 51. The van der Waals surface area contributed by atoms with Gasteiger partial charge in [0.2, 0.25) is 5.91 Å². The van der Waals surface area contributed by atoms with Crippen molar-refractivity contribution >= 4 is 11.9 Å². The quantitative estimate of drug-likeness (QED) is 0.0320. The average Bonchev–Trinajstić information content (AvgIpc) is 3.41. The Kier molecular flexibility index (Phi) is 63.4. The zero-order valence-corrected chi connectivity index (χ0v) is 50.8. The van der Waals surface area contributed by atoms with Crippen LogP contribution in [-0.4, -0.2) is 47.4 Å². The molecule has 0 rings (SSSR count). The number of allylic oxidation sites excluding steroid dienone is 3. The average molecular weight is 1060 g/mol. The van der Waals surface area contributed by atoms with Gasteiger partial charge < -0.3 is 20.3 Å². The molecular formula is C69H133NO5. The Morgan fingerprint density at radius 2 is 0.627 bits per heavy atom. The van der Waals surface area contributed by atoms with Crippen LogP contribution in [0.1, 0.15) is 380 Å². The van der Waals surface area contributed by atoms with Crippen molar-refractivity contribution in [1.82, 2.24) is 5.32 Å². The molecule has 6 heteroatoms. The van der Waals surface area contributed by atoms with Crippen LogP contribution in [0.5, 0.6) is 0 Å². The Morgan fingerprint density at radius 1 is 0.360 bits per heavy atom. The summed E-state index contributed by atoms with van der Waals surface area (Å²) in [4.78, 5) is 24.6. The molecule has 444 valence electrons. The Morgan fingerprint density at radius 3 is 0.947 bits per heavy atom. The minimum atomic E-state index is -0.850. The number of hydrogen-bond donors (Lipinski definition) is 3. The SMILES string of the molecule is CCCCCCCCCCCCCCCCCCCCCCC/C=C/C(O)C(CO)NC(=O)CCCCCCCCC/C=C\CCCCCCCCCCCCOC(=O)CCCCCCCCCCCCCCCC. The maximum atomic E-state index is 12.5. The Labute approximate surface area is 469 Å². The molecule has 1 amide bonds. The maximum Gasteiger partial charge on any atom is 0.305 e. The highest BCUT2D eigenvalue weighted by Gasteiger charge is 2.18. The van der Waals surface area contributed by atoms with E-state index in [0.29, 0.717) is 19.4 Å². The minimum absolute atomic E-state index is 0.0106. The van der Waals surface area contributed by atoms with E-state index in [1.54, 1.807) is 6.08 Å². The molecule has 3 N–H and O–H groups in total. The molecule has 75 heavy (non-hydrogen) atoms. The van der Waals surface area contributed by atoms with E-state index in [-0.39, 0.29) is 18.5 Å². The highest BCUT2D eigenvalue weighted by molar-refractivity contribution is 5.76. The van der Waals surface area contributed by atoms with Crippen molar-refractivity contribution in [2.75, 3.05) is 13.2 Å². The topological polar surface area (TPSA) is 95.9 Å². The first-order chi connectivity index (χ1) is 37.0. The summed E-state index contributed by atoms with van der Waals surface area (Å²) in [6.07, 6.45) is 81.0. The Bertz CT molecular complexity index is 1170. The molecule has 0 aromatic heterocycles. The van der Waals surface area contributed by atoms with E-state index in [0.717, 1.165) is 44.9 Å². The molecule has 2 atom stereocenters. The van der Waals surface area contributed by atoms with E-state index in [1.807, 2.05) is 6.08 Å². The first kappa shape index (κ1) is 73.3. The van der Waals surface area contributed by atoms with Crippen molar-refractivity contribution in [3.05, 3.63) is 24.3 Å². The van der Waals surface area contributed by atoms with Gasteiger partial charge in [0.05, 0.1) is 25.4 Å². The summed E-state index contributed by atoms with van der Waals surface area (Å²) >= 11 is 0. The molecule has 0 saturated heterocycles. The number of rotatable bonds is 64. The lowest BCUT2D eigenvalue weighted by atomic mass is 10.0. The first-order valence-corrected chi connectivity index (χ1v) is 34.1. The summed E-state index contributed by atoms with van der Waals surface area (Å²) in [6, 6.07) is -0.635. The van der Waals surface area contributed by atoms with Crippen molar-refractivity contribution in [3.63, 3.8) is 0 Å². The summed E-state index contributed by atoms with van der Waals surface area (Å²) < 4.78 is 5.49. The van der Waals surface area contributed by atoms with E-state index in [1.165, 1.54) is 308 Å². The van der Waals surface area contributed by atoms with E-state index in [4.69, 9.17) is 4.74 Å². The second-order valence-electron chi connectivity index (χ2n) is 23.5. The summed E-state index contributed by atoms with van der Waals surface area (Å²) in [5.41, 5.74) is 0. The van der Waals surface area contributed by atoms with Crippen LogP contribution in [0.2, 0.25) is 0 Å². The van der Waals surface area contributed by atoms with Crippen molar-refractivity contribution in [3.8, 4) is 0 Å². The molecule has 0 spiro atoms. The fraction of sp³-hybridized carbons (Fsp3) is 0.913. The monoisotopic (exact) mass is 1060 g/mol. The minimum Gasteiger partial charge on any atom is -0.466 e. The van der Waals surface area contributed by atoms with Gasteiger partial charge in [-0.3, -0.25) is 9.59 Å². The maximum absolute atomic E-state index is 12.5. The van der Waals surface area contributed by atoms with Gasteiger partial charge >= 0.3 is 5.97 Å². The lowest BCUT2D eigenvalue weighted by Gasteiger charge is -2.20. The Balaban J connectivity index is 3.45. The summed E-state index contributed by atoms with van der Waals surface area (Å²) in [5.74, 6) is -0.0611. The Hall–Kier alpha value is -1.66. The molecule has 0 heterocycles. The summed E-state index contributed by atoms with van der Waals surface area (Å²) in [7, 11) is 0. The molecule has 0 fully saturated rings. The van der Waals surface area contributed by atoms with Crippen molar-refractivity contribution in [2.45, 2.75) is 392 Å². The van der Waals surface area contributed by atoms with Gasteiger partial charge in [0.25, 0.3) is 0 Å². The second-order valence-corrected chi connectivity index (χ2v) is 23.5. The number of carbonyl (C=O) groups is 2. The third-order valence-corrected chi connectivity index (χ3v) is 16.0. The number of nitrogens with one attached hydrogen (secondary N) is 1. The smallest absolute Gasteiger partial charge is 0.305 e. The predicted molar refractivity (Wildman–Crippen MR) is 329 cm³/mol. The third-order valence-electron chi connectivity index (χ3n) is 16.0. The number of carbonyl (C=O) groups excluding carboxylic acids is 2. The molecule has 0 aromatic rings. The van der Waals surface area contributed by atoms with Crippen LogP contribution < -0.4 is 5.32 Å². The molecule has 0 aromatic carbocycles. The van der Waals surface area contributed by atoms with Gasteiger partial charge in [-0.05, 0) is 57.8 Å². The van der Waals surface area contributed by atoms with E-state index < -0.39 is 12.1 Å². The van der Waals surface area contributed by atoms with Crippen LogP contribution in [-0.2, 0) is 14.3 Å². The van der Waals surface area contributed by atoms with Crippen LogP contribution in [0.4, 0.5) is 0 Å². The van der Waals surface area contributed by atoms with Gasteiger partial charge in [0.1, 0.15) is 0 Å². The fourth-order valence-electron chi connectivity index (χ4n) is 10.7. The zero-order valence-electron chi connectivity index (χ0n) is 50.8. The van der Waals surface area contributed by atoms with Crippen LogP contribution in [0.15, 0.2) is 24.3 Å². The summed E-state index contributed by atoms with van der Waals surface area (Å²) in [6.45, 7) is 4.93. The number of esters is 1. The van der Waals surface area contributed by atoms with E-state index >= 15 is 0 Å². The molecule has 0 saturated carbocycles. The molecule has 0 aliphatic heterocycles. The number of hydrogen-bond acceptors (Lipinski definition) is 5. The van der Waals surface area contributed by atoms with Gasteiger partial charge in [0, 0.05) is 12.8 Å². The molecule has 0 bridgehead atoms. The first-order valence-electron chi connectivity index (χ1n) is 34.1. The van der Waals surface area contributed by atoms with Gasteiger partial charge in [-0.15, -0.1) is 0 Å². The highest BCUT2D eigenvalue weighted by atomic mass is 16.5. The molecule has 0 radical (unpaired) electrons. The molecule has 6 nitrogen and oxygen atoms in total. The van der Waals surface area contributed by atoms with Gasteiger partial charge in [-0.2, -0.15) is 0 Å². The predicted octanol–water partition coefficient (Wildman–Crippen LogP) is 21.8. The molecule has 0 aliphatic rings. The van der Waals surface area contributed by atoms with E-state index in [9.17, 15) is 19.8 Å². The van der Waals surface area contributed by atoms with Gasteiger partial charge in [-0.25, -0.2) is 0 Å². The van der Waals surface area contributed by atoms with Crippen LogP contribution in [0.3, 0.4) is 0 Å². The van der Waals surface area contributed by atoms with Crippen LogP contribution in [0, 0.1) is 0 Å². The third kappa shape index (κ3) is 61.4. The lowest BCUT2D eigenvalue weighted by molar-refractivity contribution is -0.143. The van der Waals surface area contributed by atoms with Gasteiger partial charge in [-0.1, -0.05) is 334 Å². The number of ether oxygens (including phenoxy) is 1. The lowest BCUT2D eigenvalue weighted by Crippen LogP contribution is -2.45. The second kappa shape index (κ2) is 64.9. The molecular weight excluding hydrogens is 923 g/mol. The van der Waals surface area contributed by atoms with Crippen molar-refractivity contribution < 1.29 is 24.5 Å². The van der Waals surface area contributed by atoms with E-state index in [2.05, 4.69) is 31.3 Å². The van der Waals surface area contributed by atoms with Crippen LogP contribution in [0.25, 0.3) is 0 Å². The molecule has 0 aliphatic carbocycles. The fourth-order valence-corrected chi connectivity index (χ4v) is 10.7. The number of aliphatic hydroxyl groups excluding tert-OH is 2. The molecule has 2 unspecified atom stereocenters. The standard InChI is InChI=1S/C69H133NO5/c1-3-5-7-9-11-13-15-17-19-20-21-22-23-25-28-31-34-37-41-45-49-53-57-61-67(72)66(65-71)70-68(73)62-58-54-50-46-42-38-35-32-29-26-24-27-30-33-36-40-44-48-52-56-60-64-75-69(74)63-59-55-51-47-43-39-18-16-14-12-10-8-6-4-2/h26,29,57,61,66-67,71-72H,3-25,27-28,30-56,58-60,62-65H2,1-2H3,(H,70,73)/b29-26-,61-57+. The van der Waals surface area contributed by atoms with Gasteiger partial charge in [0.15, 0.2) is 0 Å². The van der Waals surface area contributed by atoms with Crippen LogP contribution >= 0.6 is 0 Å².